The molecule has 0 saturated carbocycles. The summed E-state index contributed by atoms with van der Waals surface area (Å²) in [6.07, 6.45) is 1.69. The molecule has 2 amide bonds. The lowest BCUT2D eigenvalue weighted by molar-refractivity contribution is -0.122. The van der Waals surface area contributed by atoms with Crippen molar-refractivity contribution in [2.24, 2.45) is 0 Å². The summed E-state index contributed by atoms with van der Waals surface area (Å²) < 4.78 is 18.8. The van der Waals surface area contributed by atoms with Gasteiger partial charge in [0.2, 0.25) is 0 Å². The zero-order chi connectivity index (χ0) is 17.8. The Morgan fingerprint density at radius 3 is 2.56 bits per heavy atom. The quantitative estimate of drug-likeness (QED) is 0.741. The number of hydrogen-bond acceptors (Lipinski definition) is 4. The number of carbonyl (C=O) groups is 2. The van der Waals surface area contributed by atoms with Gasteiger partial charge in [-0.2, -0.15) is 0 Å². The van der Waals surface area contributed by atoms with E-state index in [0.29, 0.717) is 17.2 Å². The van der Waals surface area contributed by atoms with Crippen molar-refractivity contribution in [1.29, 1.82) is 0 Å². The predicted octanol–water partition coefficient (Wildman–Crippen LogP) is 4.46. The molecule has 0 aromatic heterocycles. The van der Waals surface area contributed by atoms with Crippen LogP contribution in [0.15, 0.2) is 53.4 Å². The number of rotatable bonds is 5. The Morgan fingerprint density at radius 1 is 1.16 bits per heavy atom. The van der Waals surface area contributed by atoms with E-state index in [1.165, 1.54) is 17.0 Å². The number of thioether (sulfide) groups is 1. The van der Waals surface area contributed by atoms with Crippen LogP contribution in [0.1, 0.15) is 18.1 Å². The van der Waals surface area contributed by atoms with Crippen LogP contribution in [0.25, 0.3) is 6.08 Å². The van der Waals surface area contributed by atoms with Gasteiger partial charge in [0, 0.05) is 6.54 Å². The van der Waals surface area contributed by atoms with E-state index < -0.39 is 0 Å². The Hall–Kier alpha value is -2.60. The van der Waals surface area contributed by atoms with Gasteiger partial charge in [0.1, 0.15) is 18.2 Å². The minimum atomic E-state index is -0.294. The molecule has 1 aliphatic rings. The Labute approximate surface area is 149 Å². The van der Waals surface area contributed by atoms with Crippen LogP contribution in [-0.4, -0.2) is 22.6 Å². The first kappa shape index (κ1) is 17.2. The fourth-order valence-electron chi connectivity index (χ4n) is 2.38. The predicted molar refractivity (Wildman–Crippen MR) is 95.5 cm³/mol. The maximum Gasteiger partial charge on any atom is 0.293 e. The number of ether oxygens (including phenoxy) is 1. The van der Waals surface area contributed by atoms with Gasteiger partial charge in [-0.1, -0.05) is 24.3 Å². The summed E-state index contributed by atoms with van der Waals surface area (Å²) in [6, 6.07) is 13.4. The van der Waals surface area contributed by atoms with Crippen LogP contribution in [0.2, 0.25) is 0 Å². The average Bonchev–Trinajstić information content (AvgIpc) is 2.87. The van der Waals surface area contributed by atoms with Crippen LogP contribution < -0.4 is 4.74 Å². The first-order valence-corrected chi connectivity index (χ1v) is 8.61. The largest absolute Gasteiger partial charge is 0.489 e. The van der Waals surface area contributed by atoms with Gasteiger partial charge in [0.05, 0.1) is 4.91 Å². The summed E-state index contributed by atoms with van der Waals surface area (Å²) in [7, 11) is 0. The third-order valence-electron chi connectivity index (χ3n) is 3.66. The highest BCUT2D eigenvalue weighted by Crippen LogP contribution is 2.32. The van der Waals surface area contributed by atoms with Crippen molar-refractivity contribution in [3.63, 3.8) is 0 Å². The molecule has 6 heteroatoms. The van der Waals surface area contributed by atoms with E-state index in [9.17, 15) is 14.0 Å². The standard InChI is InChI=1S/C19H16FNO3S/c1-2-21-18(22)17(25-19(21)23)11-13-6-8-16(9-7-13)24-12-14-4-3-5-15(20)10-14/h3-11H,2,12H2,1H3/b17-11+. The Bertz CT molecular complexity index is 833. The smallest absolute Gasteiger partial charge is 0.293 e. The van der Waals surface area contributed by atoms with Crippen LogP contribution in [0.4, 0.5) is 9.18 Å². The first-order chi connectivity index (χ1) is 12.1. The highest BCUT2D eigenvalue weighted by molar-refractivity contribution is 8.18. The van der Waals surface area contributed by atoms with E-state index in [1.54, 1.807) is 49.4 Å². The first-order valence-electron chi connectivity index (χ1n) is 7.79. The average molecular weight is 357 g/mol. The molecule has 25 heavy (non-hydrogen) atoms. The molecule has 3 rings (SSSR count). The van der Waals surface area contributed by atoms with Crippen molar-refractivity contribution in [3.05, 3.63) is 70.4 Å². The summed E-state index contributed by atoms with van der Waals surface area (Å²) in [5, 5.41) is -0.242. The molecule has 0 unspecified atom stereocenters. The molecule has 2 aromatic carbocycles. The van der Waals surface area contributed by atoms with Crippen LogP contribution in [0.3, 0.4) is 0 Å². The second kappa shape index (κ2) is 7.53. The molecular weight excluding hydrogens is 341 g/mol. The molecule has 1 saturated heterocycles. The summed E-state index contributed by atoms with van der Waals surface area (Å²) in [6.45, 7) is 2.41. The SMILES string of the molecule is CCN1C(=O)S/C(=C/c2ccc(OCc3cccc(F)c3)cc2)C1=O. The Morgan fingerprint density at radius 2 is 1.92 bits per heavy atom. The van der Waals surface area contributed by atoms with Crippen molar-refractivity contribution in [1.82, 2.24) is 4.90 Å². The van der Waals surface area contributed by atoms with E-state index >= 15 is 0 Å². The molecule has 4 nitrogen and oxygen atoms in total. The van der Waals surface area contributed by atoms with Gasteiger partial charge < -0.3 is 4.74 Å². The summed E-state index contributed by atoms with van der Waals surface area (Å²) >= 11 is 0.946. The molecule has 128 valence electrons. The Kier molecular flexibility index (Phi) is 5.19. The highest BCUT2D eigenvalue weighted by Gasteiger charge is 2.33. The van der Waals surface area contributed by atoms with Gasteiger partial charge >= 0.3 is 0 Å². The van der Waals surface area contributed by atoms with Gasteiger partial charge in [0.25, 0.3) is 11.1 Å². The maximum absolute atomic E-state index is 13.1. The van der Waals surface area contributed by atoms with Crippen molar-refractivity contribution >= 4 is 29.0 Å². The lowest BCUT2D eigenvalue weighted by Gasteiger charge is -2.07. The number of benzene rings is 2. The van der Waals surface area contributed by atoms with Crippen LogP contribution in [0, 0.1) is 5.82 Å². The van der Waals surface area contributed by atoms with Crippen molar-refractivity contribution in [2.45, 2.75) is 13.5 Å². The number of likely N-dealkylation sites (N-methyl/N-ethyl adjacent to an activating group) is 1. The van der Waals surface area contributed by atoms with E-state index in [1.807, 2.05) is 0 Å². The fourth-order valence-corrected chi connectivity index (χ4v) is 3.28. The van der Waals surface area contributed by atoms with Gasteiger partial charge in [-0.3, -0.25) is 14.5 Å². The molecule has 0 radical (unpaired) electrons. The van der Waals surface area contributed by atoms with Crippen LogP contribution >= 0.6 is 11.8 Å². The Balaban J connectivity index is 1.65. The molecular formula is C19H16FNO3S. The molecule has 0 aliphatic carbocycles. The van der Waals surface area contributed by atoms with E-state index in [2.05, 4.69) is 0 Å². The highest BCUT2D eigenvalue weighted by atomic mass is 32.2. The molecule has 1 fully saturated rings. The molecule has 0 bridgehead atoms. The summed E-state index contributed by atoms with van der Waals surface area (Å²) in [4.78, 5) is 25.4. The number of halogens is 1. The number of imide groups is 1. The van der Waals surface area contributed by atoms with Gasteiger partial charge in [0.15, 0.2) is 0 Å². The molecule has 0 atom stereocenters. The molecule has 0 spiro atoms. The minimum absolute atomic E-state index is 0.242. The van der Waals surface area contributed by atoms with Gasteiger partial charge in [-0.15, -0.1) is 0 Å². The zero-order valence-electron chi connectivity index (χ0n) is 13.6. The summed E-state index contributed by atoms with van der Waals surface area (Å²) in [5.41, 5.74) is 1.55. The minimum Gasteiger partial charge on any atom is -0.489 e. The van der Waals surface area contributed by atoms with Crippen molar-refractivity contribution in [2.75, 3.05) is 6.54 Å². The topological polar surface area (TPSA) is 46.6 Å². The normalized spacial score (nSPS) is 15.9. The van der Waals surface area contributed by atoms with Crippen molar-refractivity contribution in [3.8, 4) is 5.75 Å². The van der Waals surface area contributed by atoms with E-state index in [0.717, 1.165) is 22.9 Å². The van der Waals surface area contributed by atoms with E-state index in [4.69, 9.17) is 4.74 Å². The number of amides is 2. The molecule has 0 N–H and O–H groups in total. The molecule has 1 heterocycles. The van der Waals surface area contributed by atoms with Gasteiger partial charge in [-0.25, -0.2) is 4.39 Å². The number of nitrogens with zero attached hydrogens (tertiary/aromatic N) is 1. The van der Waals surface area contributed by atoms with Crippen molar-refractivity contribution < 1.29 is 18.7 Å². The third-order valence-corrected chi connectivity index (χ3v) is 4.57. The summed E-state index contributed by atoms with van der Waals surface area (Å²) in [5.74, 6) is 0.0875. The lowest BCUT2D eigenvalue weighted by atomic mass is 10.2. The van der Waals surface area contributed by atoms with Crippen LogP contribution in [-0.2, 0) is 11.4 Å². The third kappa shape index (κ3) is 4.09. The fraction of sp³-hybridized carbons (Fsp3) is 0.158. The monoisotopic (exact) mass is 357 g/mol. The second-order valence-electron chi connectivity index (χ2n) is 5.41. The lowest BCUT2D eigenvalue weighted by Crippen LogP contribution is -2.27. The van der Waals surface area contributed by atoms with E-state index in [-0.39, 0.29) is 23.6 Å². The zero-order valence-corrected chi connectivity index (χ0v) is 14.4. The molecule has 2 aromatic rings. The molecule has 1 aliphatic heterocycles. The second-order valence-corrected chi connectivity index (χ2v) is 6.41. The van der Waals surface area contributed by atoms with Crippen LogP contribution in [0.5, 0.6) is 5.75 Å². The number of carbonyl (C=O) groups excluding carboxylic acids is 2. The maximum atomic E-state index is 13.1. The van der Waals surface area contributed by atoms with Gasteiger partial charge in [-0.05, 0) is 60.2 Å². The number of hydrogen-bond donors (Lipinski definition) is 0.